The highest BCUT2D eigenvalue weighted by Crippen LogP contribution is 2.28. The fraction of sp³-hybridized carbons (Fsp3) is 0.0400. The van der Waals surface area contributed by atoms with Gasteiger partial charge >= 0.3 is 6.18 Å². The molecular formula is C25H19BF3-. The number of hydrogen-bond donors (Lipinski definition) is 0. The number of rotatable bonds is 4. The molecule has 0 saturated heterocycles. The van der Waals surface area contributed by atoms with E-state index in [1.54, 1.807) is 12.1 Å². The minimum atomic E-state index is -4.36. The SMILES string of the molecule is FC(F)(F)c1ccc([B-](c2ccccc2)(c2ccccc2)c2ccccc2)cc1. The summed E-state index contributed by atoms with van der Waals surface area (Å²) in [6.07, 6.45) is -6.00. The zero-order valence-electron chi connectivity index (χ0n) is 15.7. The quantitative estimate of drug-likeness (QED) is 0.463. The van der Waals surface area contributed by atoms with E-state index in [4.69, 9.17) is 0 Å². The van der Waals surface area contributed by atoms with Gasteiger partial charge in [0.2, 0.25) is 0 Å². The third kappa shape index (κ3) is 3.47. The lowest BCUT2D eigenvalue weighted by molar-refractivity contribution is -0.137. The molecule has 0 N–H and O–H groups in total. The van der Waals surface area contributed by atoms with E-state index in [9.17, 15) is 13.2 Å². The van der Waals surface area contributed by atoms with E-state index in [1.165, 1.54) is 12.1 Å². The van der Waals surface area contributed by atoms with Gasteiger partial charge in [-0.2, -0.15) is 35.0 Å². The van der Waals surface area contributed by atoms with Crippen LogP contribution >= 0.6 is 0 Å². The number of alkyl halides is 3. The van der Waals surface area contributed by atoms with Gasteiger partial charge in [0.25, 0.3) is 0 Å². The van der Waals surface area contributed by atoms with E-state index < -0.39 is 17.9 Å². The van der Waals surface area contributed by atoms with Crippen molar-refractivity contribution >= 4 is 28.0 Å². The lowest BCUT2D eigenvalue weighted by Gasteiger charge is -2.44. The van der Waals surface area contributed by atoms with Gasteiger partial charge in [-0.15, -0.1) is 0 Å². The third-order valence-corrected chi connectivity index (χ3v) is 5.64. The molecule has 0 amide bonds. The summed E-state index contributed by atoms with van der Waals surface area (Å²) < 4.78 is 39.6. The molecule has 0 unspecified atom stereocenters. The molecule has 0 nitrogen and oxygen atoms in total. The summed E-state index contributed by atoms with van der Waals surface area (Å²) in [6.45, 7) is 0. The van der Waals surface area contributed by atoms with Crippen LogP contribution in [0.2, 0.25) is 0 Å². The van der Waals surface area contributed by atoms with Crippen molar-refractivity contribution in [1.29, 1.82) is 0 Å². The smallest absolute Gasteiger partial charge is 0.195 e. The van der Waals surface area contributed by atoms with Crippen LogP contribution in [-0.4, -0.2) is 6.15 Å². The van der Waals surface area contributed by atoms with Gasteiger partial charge in [-0.1, -0.05) is 115 Å². The molecule has 0 saturated carbocycles. The first-order valence-corrected chi connectivity index (χ1v) is 9.53. The van der Waals surface area contributed by atoms with Gasteiger partial charge in [0.1, 0.15) is 6.15 Å². The highest BCUT2D eigenvalue weighted by molar-refractivity contribution is 7.19. The Kier molecular flexibility index (Phi) is 5.02. The predicted octanol–water partition coefficient (Wildman–Crippen LogP) is 4.08. The standard InChI is InChI=1S/C25H19BF3/c27-25(28,29)20-16-18-24(19-17-20)26(21-10-4-1-5-11-21,22-12-6-2-7-13-22)23-14-8-3-9-15-23/h1-19H/q-1. The van der Waals surface area contributed by atoms with Crippen LogP contribution in [0.1, 0.15) is 5.56 Å². The minimum Gasteiger partial charge on any atom is -0.195 e. The topological polar surface area (TPSA) is 0 Å². The Bertz CT molecular complexity index is 961. The molecule has 0 radical (unpaired) electrons. The summed E-state index contributed by atoms with van der Waals surface area (Å²) in [7, 11) is 0. The average molecular weight is 387 g/mol. The molecule has 0 fully saturated rings. The molecule has 0 aliphatic carbocycles. The van der Waals surface area contributed by atoms with E-state index >= 15 is 0 Å². The van der Waals surface area contributed by atoms with E-state index in [-0.39, 0.29) is 0 Å². The van der Waals surface area contributed by atoms with E-state index in [2.05, 4.69) is 36.4 Å². The van der Waals surface area contributed by atoms with Crippen molar-refractivity contribution in [2.24, 2.45) is 0 Å². The molecule has 0 atom stereocenters. The van der Waals surface area contributed by atoms with Crippen molar-refractivity contribution in [2.75, 3.05) is 0 Å². The summed E-state index contributed by atoms with van der Waals surface area (Å²) in [6, 6.07) is 35.6. The number of benzene rings is 4. The predicted molar refractivity (Wildman–Crippen MR) is 115 cm³/mol. The number of halogens is 3. The van der Waals surface area contributed by atoms with Crippen LogP contribution in [0.3, 0.4) is 0 Å². The van der Waals surface area contributed by atoms with Gasteiger partial charge in [-0.05, 0) is 0 Å². The molecule has 4 aromatic carbocycles. The molecule has 0 aliphatic rings. The second kappa shape index (κ2) is 7.63. The first-order valence-electron chi connectivity index (χ1n) is 9.53. The molecule has 0 heterocycles. The average Bonchev–Trinajstić information content (AvgIpc) is 2.76. The molecule has 4 aromatic rings. The van der Waals surface area contributed by atoms with Crippen molar-refractivity contribution in [3.63, 3.8) is 0 Å². The third-order valence-electron chi connectivity index (χ3n) is 5.64. The highest BCUT2D eigenvalue weighted by Gasteiger charge is 2.34. The summed E-state index contributed by atoms with van der Waals surface area (Å²) in [5, 5.41) is 0. The lowest BCUT2D eigenvalue weighted by Crippen LogP contribution is -2.74. The highest BCUT2D eigenvalue weighted by atomic mass is 19.4. The van der Waals surface area contributed by atoms with Crippen LogP contribution in [0.5, 0.6) is 0 Å². The second-order valence-corrected chi connectivity index (χ2v) is 7.22. The Morgan fingerprint density at radius 1 is 0.414 bits per heavy atom. The van der Waals surface area contributed by atoms with Crippen LogP contribution in [0, 0.1) is 0 Å². The molecule has 4 rings (SSSR count). The zero-order valence-corrected chi connectivity index (χ0v) is 15.7. The van der Waals surface area contributed by atoms with Crippen LogP contribution in [-0.2, 0) is 6.18 Å². The van der Waals surface area contributed by atoms with Crippen molar-refractivity contribution < 1.29 is 13.2 Å². The largest absolute Gasteiger partial charge is 0.416 e. The Hall–Kier alpha value is -3.27. The van der Waals surface area contributed by atoms with Crippen molar-refractivity contribution in [2.45, 2.75) is 6.18 Å². The van der Waals surface area contributed by atoms with Gasteiger partial charge in [-0.3, -0.25) is 0 Å². The molecule has 144 valence electrons. The van der Waals surface area contributed by atoms with Crippen molar-refractivity contribution in [3.8, 4) is 0 Å². The zero-order chi connectivity index (χ0) is 20.3. The molecule has 0 bridgehead atoms. The van der Waals surface area contributed by atoms with Crippen LogP contribution < -0.4 is 21.9 Å². The van der Waals surface area contributed by atoms with Crippen LogP contribution in [0.4, 0.5) is 13.2 Å². The van der Waals surface area contributed by atoms with E-state index in [0.717, 1.165) is 21.9 Å². The monoisotopic (exact) mass is 387 g/mol. The maximum atomic E-state index is 13.2. The summed E-state index contributed by atoms with van der Waals surface area (Å²) in [5.41, 5.74) is 3.39. The molecule has 0 spiro atoms. The molecular weight excluding hydrogens is 368 g/mol. The van der Waals surface area contributed by atoms with E-state index in [1.807, 2.05) is 54.6 Å². The Balaban J connectivity index is 2.06. The Morgan fingerprint density at radius 3 is 1.03 bits per heavy atom. The van der Waals surface area contributed by atoms with Gasteiger partial charge in [0.15, 0.2) is 0 Å². The fourth-order valence-corrected chi connectivity index (χ4v) is 4.34. The van der Waals surface area contributed by atoms with Crippen LogP contribution in [0.25, 0.3) is 0 Å². The number of hydrogen-bond acceptors (Lipinski definition) is 0. The van der Waals surface area contributed by atoms with Crippen LogP contribution in [0.15, 0.2) is 115 Å². The second-order valence-electron chi connectivity index (χ2n) is 7.22. The maximum Gasteiger partial charge on any atom is 0.416 e. The van der Waals surface area contributed by atoms with Gasteiger partial charge in [0, 0.05) is 0 Å². The van der Waals surface area contributed by atoms with Gasteiger partial charge in [0.05, 0.1) is 5.56 Å². The summed E-state index contributed by atoms with van der Waals surface area (Å²) in [5.74, 6) is 0. The first-order chi connectivity index (χ1) is 14.0. The summed E-state index contributed by atoms with van der Waals surface area (Å²) in [4.78, 5) is 0. The molecule has 0 aromatic heterocycles. The molecule has 0 aliphatic heterocycles. The Labute approximate surface area is 168 Å². The summed E-state index contributed by atoms with van der Waals surface area (Å²) >= 11 is 0. The van der Waals surface area contributed by atoms with Gasteiger partial charge in [-0.25, -0.2) is 0 Å². The normalized spacial score (nSPS) is 12.0. The Morgan fingerprint density at radius 2 is 0.724 bits per heavy atom. The maximum absolute atomic E-state index is 13.2. The van der Waals surface area contributed by atoms with Gasteiger partial charge < -0.3 is 0 Å². The van der Waals surface area contributed by atoms with Crippen molar-refractivity contribution in [1.82, 2.24) is 0 Å². The fourth-order valence-electron chi connectivity index (χ4n) is 4.34. The van der Waals surface area contributed by atoms with E-state index in [0.29, 0.717) is 0 Å². The first kappa shape index (κ1) is 19.1. The molecule has 29 heavy (non-hydrogen) atoms. The minimum absolute atomic E-state index is 0.639. The van der Waals surface area contributed by atoms with Crippen molar-refractivity contribution in [3.05, 3.63) is 121 Å². The molecule has 4 heteroatoms. The lowest BCUT2D eigenvalue weighted by atomic mass is 9.13.